The zero-order chi connectivity index (χ0) is 14.2. The van der Waals surface area contributed by atoms with Crippen molar-refractivity contribution >= 4 is 11.0 Å². The highest BCUT2D eigenvalue weighted by atomic mass is 15.2. The summed E-state index contributed by atoms with van der Waals surface area (Å²) < 4.78 is 2.22. The molecule has 2 saturated heterocycles. The maximum Gasteiger partial charge on any atom is 0.123 e. The van der Waals surface area contributed by atoms with Crippen LogP contribution in [0.15, 0.2) is 24.3 Å². The lowest BCUT2D eigenvalue weighted by Crippen LogP contribution is -2.44. The van der Waals surface area contributed by atoms with Crippen molar-refractivity contribution in [3.8, 4) is 0 Å². The van der Waals surface area contributed by atoms with E-state index in [0.717, 1.165) is 23.9 Å². The van der Waals surface area contributed by atoms with Gasteiger partial charge in [0, 0.05) is 25.7 Å². The summed E-state index contributed by atoms with van der Waals surface area (Å²) >= 11 is 0. The van der Waals surface area contributed by atoms with Gasteiger partial charge in [0.1, 0.15) is 5.82 Å². The average Bonchev–Trinajstić information content (AvgIpc) is 3.07. The smallest absolute Gasteiger partial charge is 0.123 e. The first-order valence-corrected chi connectivity index (χ1v) is 8.21. The fourth-order valence-corrected chi connectivity index (χ4v) is 4.06. The quantitative estimate of drug-likeness (QED) is 0.939. The number of aromatic nitrogens is 2. The maximum absolute atomic E-state index is 4.76. The van der Waals surface area contributed by atoms with Gasteiger partial charge in [-0.2, -0.15) is 0 Å². The third kappa shape index (κ3) is 2.36. The van der Waals surface area contributed by atoms with Gasteiger partial charge in [0.05, 0.1) is 17.6 Å². The van der Waals surface area contributed by atoms with Crippen LogP contribution in [0.25, 0.3) is 11.0 Å². The molecule has 4 heteroatoms. The molecule has 0 saturated carbocycles. The third-order valence-electron chi connectivity index (χ3n) is 5.26. The number of para-hydroxylation sites is 2. The van der Waals surface area contributed by atoms with E-state index in [0.29, 0.717) is 6.04 Å². The normalized spacial score (nSPS) is 26.3. The van der Waals surface area contributed by atoms with E-state index in [-0.39, 0.29) is 0 Å². The number of rotatable bonds is 3. The van der Waals surface area contributed by atoms with Gasteiger partial charge in [-0.15, -0.1) is 0 Å². The minimum atomic E-state index is 0.644. The van der Waals surface area contributed by atoms with Crippen LogP contribution in [0.5, 0.6) is 0 Å². The van der Waals surface area contributed by atoms with Gasteiger partial charge in [-0.05, 0) is 37.9 Å². The van der Waals surface area contributed by atoms with Gasteiger partial charge in [0.15, 0.2) is 0 Å². The van der Waals surface area contributed by atoms with Crippen LogP contribution in [0, 0.1) is 0 Å². The topological polar surface area (TPSA) is 33.1 Å². The molecule has 2 aromatic rings. The summed E-state index contributed by atoms with van der Waals surface area (Å²) in [4.78, 5) is 7.44. The van der Waals surface area contributed by atoms with Crippen LogP contribution in [0.4, 0.5) is 0 Å². The van der Waals surface area contributed by atoms with E-state index in [4.69, 9.17) is 4.98 Å². The lowest BCUT2D eigenvalue weighted by Gasteiger charge is -2.32. The van der Waals surface area contributed by atoms with Crippen molar-refractivity contribution in [2.45, 2.75) is 44.3 Å². The number of hydrogen-bond acceptors (Lipinski definition) is 3. The van der Waals surface area contributed by atoms with Crippen LogP contribution < -0.4 is 5.32 Å². The summed E-state index contributed by atoms with van der Waals surface area (Å²) in [5.41, 5.74) is 2.32. The summed E-state index contributed by atoms with van der Waals surface area (Å²) in [5.74, 6) is 1.14. The molecular formula is C17H24N4. The van der Waals surface area contributed by atoms with Gasteiger partial charge in [0.2, 0.25) is 0 Å². The molecule has 2 unspecified atom stereocenters. The van der Waals surface area contributed by atoms with Crippen LogP contribution in [-0.2, 0) is 13.6 Å². The number of nitrogens with one attached hydrogen (secondary N) is 1. The first-order chi connectivity index (χ1) is 10.3. The number of piperidine rings is 1. The molecule has 0 aliphatic carbocycles. The molecule has 1 N–H and O–H groups in total. The number of imidazole rings is 1. The Morgan fingerprint density at radius 2 is 2.10 bits per heavy atom. The monoisotopic (exact) mass is 284 g/mol. The number of hydrogen-bond donors (Lipinski definition) is 1. The second-order valence-electron chi connectivity index (χ2n) is 6.45. The number of benzene rings is 1. The van der Waals surface area contributed by atoms with Crippen molar-refractivity contribution < 1.29 is 0 Å². The van der Waals surface area contributed by atoms with Crippen molar-refractivity contribution in [1.82, 2.24) is 19.8 Å². The van der Waals surface area contributed by atoms with Gasteiger partial charge >= 0.3 is 0 Å². The zero-order valence-electron chi connectivity index (χ0n) is 12.8. The molecule has 2 fully saturated rings. The molecule has 1 aromatic carbocycles. The molecule has 3 heterocycles. The van der Waals surface area contributed by atoms with E-state index < -0.39 is 0 Å². The van der Waals surface area contributed by atoms with Crippen LogP contribution in [-0.4, -0.2) is 39.6 Å². The van der Waals surface area contributed by atoms with E-state index in [1.807, 2.05) is 0 Å². The first-order valence-electron chi connectivity index (χ1n) is 8.21. The molecular weight excluding hydrogens is 260 g/mol. The second-order valence-corrected chi connectivity index (χ2v) is 6.45. The van der Waals surface area contributed by atoms with Gasteiger partial charge in [-0.3, -0.25) is 4.90 Å². The molecule has 0 radical (unpaired) electrons. The van der Waals surface area contributed by atoms with E-state index in [1.165, 1.54) is 44.3 Å². The maximum atomic E-state index is 4.76. The Morgan fingerprint density at radius 3 is 3.00 bits per heavy atom. The highest BCUT2D eigenvalue weighted by molar-refractivity contribution is 5.75. The Balaban J connectivity index is 1.47. The number of fused-ring (bicyclic) bond motifs is 2. The Bertz CT molecular complexity index is 633. The largest absolute Gasteiger partial charge is 0.330 e. The lowest BCUT2D eigenvalue weighted by atomic mass is 9.99. The van der Waals surface area contributed by atoms with Crippen molar-refractivity contribution in [2.75, 3.05) is 13.1 Å². The second kappa shape index (κ2) is 5.43. The summed E-state index contributed by atoms with van der Waals surface area (Å²) in [7, 11) is 2.12. The molecule has 1 aromatic heterocycles. The van der Waals surface area contributed by atoms with E-state index >= 15 is 0 Å². The Labute approximate surface area is 126 Å². The van der Waals surface area contributed by atoms with Crippen LogP contribution in [0.2, 0.25) is 0 Å². The third-order valence-corrected chi connectivity index (χ3v) is 5.26. The molecule has 0 amide bonds. The minimum Gasteiger partial charge on any atom is -0.330 e. The zero-order valence-corrected chi connectivity index (χ0v) is 12.8. The fraction of sp³-hybridized carbons (Fsp3) is 0.588. The first kappa shape index (κ1) is 13.3. The van der Waals surface area contributed by atoms with Crippen molar-refractivity contribution in [3.63, 3.8) is 0 Å². The van der Waals surface area contributed by atoms with Gasteiger partial charge in [-0.1, -0.05) is 18.6 Å². The SMILES string of the molecule is Cn1c(CNC2CCN3CCCCC23)nc2ccccc21. The van der Waals surface area contributed by atoms with Crippen LogP contribution in [0.1, 0.15) is 31.5 Å². The molecule has 4 rings (SSSR count). The Hall–Kier alpha value is -1.39. The molecule has 2 atom stereocenters. The van der Waals surface area contributed by atoms with Gasteiger partial charge < -0.3 is 9.88 Å². The van der Waals surface area contributed by atoms with E-state index in [2.05, 4.69) is 46.1 Å². The van der Waals surface area contributed by atoms with E-state index in [1.54, 1.807) is 0 Å². The van der Waals surface area contributed by atoms with Crippen LogP contribution >= 0.6 is 0 Å². The average molecular weight is 284 g/mol. The van der Waals surface area contributed by atoms with Crippen molar-refractivity contribution in [2.24, 2.45) is 7.05 Å². The molecule has 4 nitrogen and oxygen atoms in total. The molecule has 21 heavy (non-hydrogen) atoms. The molecule has 2 aliphatic heterocycles. The Morgan fingerprint density at radius 1 is 1.19 bits per heavy atom. The summed E-state index contributed by atoms with van der Waals surface area (Å²) in [6, 6.07) is 9.78. The van der Waals surface area contributed by atoms with Crippen molar-refractivity contribution in [3.05, 3.63) is 30.1 Å². The van der Waals surface area contributed by atoms with Gasteiger partial charge in [-0.25, -0.2) is 4.98 Å². The number of nitrogens with zero attached hydrogens (tertiary/aromatic N) is 3. The lowest BCUT2D eigenvalue weighted by molar-refractivity contribution is 0.180. The Kier molecular flexibility index (Phi) is 3.43. The van der Waals surface area contributed by atoms with Crippen LogP contribution in [0.3, 0.4) is 0 Å². The predicted molar refractivity (Wildman–Crippen MR) is 85.2 cm³/mol. The molecule has 2 aliphatic rings. The minimum absolute atomic E-state index is 0.644. The van der Waals surface area contributed by atoms with Crippen molar-refractivity contribution in [1.29, 1.82) is 0 Å². The molecule has 0 bridgehead atoms. The number of aryl methyl sites for hydroxylation is 1. The molecule has 112 valence electrons. The highest BCUT2D eigenvalue weighted by Gasteiger charge is 2.35. The summed E-state index contributed by atoms with van der Waals surface area (Å²) in [6.07, 6.45) is 5.43. The predicted octanol–water partition coefficient (Wildman–Crippen LogP) is 2.29. The highest BCUT2D eigenvalue weighted by Crippen LogP contribution is 2.27. The van der Waals surface area contributed by atoms with Gasteiger partial charge in [0.25, 0.3) is 0 Å². The van der Waals surface area contributed by atoms with E-state index in [9.17, 15) is 0 Å². The fourth-order valence-electron chi connectivity index (χ4n) is 4.06. The molecule has 0 spiro atoms. The standard InChI is InChI=1S/C17H24N4/c1-20-15-7-3-2-6-14(15)19-17(20)12-18-13-9-11-21-10-5-4-8-16(13)21/h2-3,6-7,13,16,18H,4-5,8-12H2,1H3. The summed E-state index contributed by atoms with van der Waals surface area (Å²) in [5, 5.41) is 3.77. The summed E-state index contributed by atoms with van der Waals surface area (Å²) in [6.45, 7) is 3.44.